The van der Waals surface area contributed by atoms with E-state index in [1.54, 1.807) is 0 Å². The van der Waals surface area contributed by atoms with Crippen LogP contribution in [0.25, 0.3) is 11.0 Å². The molecule has 1 aromatic carbocycles. The van der Waals surface area contributed by atoms with Crippen molar-refractivity contribution in [3.63, 3.8) is 0 Å². The van der Waals surface area contributed by atoms with Crippen LogP contribution in [0, 0.1) is 11.8 Å². The van der Waals surface area contributed by atoms with E-state index in [-0.39, 0.29) is 0 Å². The second-order valence-electron chi connectivity index (χ2n) is 7.39. The molecule has 0 spiro atoms. The highest BCUT2D eigenvalue weighted by Gasteiger charge is 2.32. The van der Waals surface area contributed by atoms with E-state index in [0.29, 0.717) is 18.2 Å². The summed E-state index contributed by atoms with van der Waals surface area (Å²) >= 11 is 0. The number of amides is 1. The number of fused-ring (bicyclic) bond motifs is 1. The van der Waals surface area contributed by atoms with Gasteiger partial charge in [-0.3, -0.25) is 4.79 Å². The minimum Gasteiger partial charge on any atom is -0.381 e. The number of carbonyl (C=O) groups excluding carboxylic acids is 1. The third-order valence-electron chi connectivity index (χ3n) is 5.75. The van der Waals surface area contributed by atoms with E-state index in [4.69, 9.17) is 4.74 Å². The van der Waals surface area contributed by atoms with Crippen molar-refractivity contribution >= 4 is 16.9 Å². The van der Waals surface area contributed by atoms with Crippen molar-refractivity contribution in [2.24, 2.45) is 11.8 Å². The Morgan fingerprint density at radius 3 is 2.88 bits per heavy atom. The van der Waals surface area contributed by atoms with Crippen LogP contribution in [0.15, 0.2) is 24.3 Å². The maximum Gasteiger partial charge on any atom is 0.222 e. The number of aromatic amines is 1. The zero-order chi connectivity index (χ0) is 17.1. The van der Waals surface area contributed by atoms with Gasteiger partial charge in [0.05, 0.1) is 11.0 Å². The highest BCUT2D eigenvalue weighted by atomic mass is 16.5. The second-order valence-corrected chi connectivity index (χ2v) is 7.39. The summed E-state index contributed by atoms with van der Waals surface area (Å²) in [6.45, 7) is 3.68. The van der Waals surface area contributed by atoms with Gasteiger partial charge in [0.15, 0.2) is 0 Å². The number of H-pyrrole nitrogens is 1. The van der Waals surface area contributed by atoms with E-state index < -0.39 is 0 Å². The number of nitrogens with zero attached hydrogens (tertiary/aromatic N) is 2. The number of hydrogen-bond acceptors (Lipinski definition) is 3. The zero-order valence-electron chi connectivity index (χ0n) is 14.7. The van der Waals surface area contributed by atoms with Gasteiger partial charge >= 0.3 is 0 Å². The summed E-state index contributed by atoms with van der Waals surface area (Å²) in [6, 6.07) is 8.06. The van der Waals surface area contributed by atoms with Gasteiger partial charge in [-0.05, 0) is 49.7 Å². The maximum absolute atomic E-state index is 12.5. The molecule has 2 aliphatic rings. The Kier molecular flexibility index (Phi) is 5.02. The van der Waals surface area contributed by atoms with Crippen LogP contribution in [-0.4, -0.2) is 47.1 Å². The van der Waals surface area contributed by atoms with Gasteiger partial charge < -0.3 is 14.6 Å². The van der Waals surface area contributed by atoms with Crippen LogP contribution < -0.4 is 0 Å². The second kappa shape index (κ2) is 7.56. The Balaban J connectivity index is 1.23. The summed E-state index contributed by atoms with van der Waals surface area (Å²) in [5.41, 5.74) is 2.07. The van der Waals surface area contributed by atoms with Crippen LogP contribution in [0.5, 0.6) is 0 Å². The summed E-state index contributed by atoms with van der Waals surface area (Å²) in [4.78, 5) is 22.5. The molecule has 25 heavy (non-hydrogen) atoms. The Bertz CT molecular complexity index is 688. The summed E-state index contributed by atoms with van der Waals surface area (Å²) in [5.74, 6) is 2.73. The lowest BCUT2D eigenvalue weighted by atomic mass is 9.85. The van der Waals surface area contributed by atoms with Crippen LogP contribution in [0.4, 0.5) is 0 Å². The fraction of sp³-hybridized carbons (Fsp3) is 0.600. The standard InChI is InChI=1S/C20H27N3O2/c24-20(23-11-8-16(14-23)15-9-12-25-13-10-15)7-3-6-19-21-17-4-1-2-5-18(17)22-19/h1-2,4-5,15-16H,3,6-14H2,(H,21,22). The molecule has 4 rings (SSSR count). The molecule has 1 amide bonds. The monoisotopic (exact) mass is 341 g/mol. The number of rotatable bonds is 5. The third kappa shape index (κ3) is 3.87. The van der Waals surface area contributed by atoms with Crippen molar-refractivity contribution in [3.05, 3.63) is 30.1 Å². The average molecular weight is 341 g/mol. The molecule has 2 aliphatic heterocycles. The van der Waals surface area contributed by atoms with E-state index in [2.05, 4.69) is 14.9 Å². The molecule has 1 N–H and O–H groups in total. The van der Waals surface area contributed by atoms with Gasteiger partial charge in [-0.25, -0.2) is 4.98 Å². The number of aryl methyl sites for hydroxylation is 1. The van der Waals surface area contributed by atoms with Gasteiger partial charge in [0.1, 0.15) is 5.82 Å². The number of para-hydroxylation sites is 2. The first-order valence-electron chi connectivity index (χ1n) is 9.59. The van der Waals surface area contributed by atoms with Crippen molar-refractivity contribution in [3.8, 4) is 0 Å². The number of imidazole rings is 1. The van der Waals surface area contributed by atoms with Gasteiger partial charge in [-0.2, -0.15) is 0 Å². The predicted molar refractivity (Wildman–Crippen MR) is 97.3 cm³/mol. The smallest absolute Gasteiger partial charge is 0.222 e. The largest absolute Gasteiger partial charge is 0.381 e. The number of likely N-dealkylation sites (tertiary alicyclic amines) is 1. The predicted octanol–water partition coefficient (Wildman–Crippen LogP) is 3.16. The Labute approximate surface area is 148 Å². The molecule has 2 aromatic rings. The summed E-state index contributed by atoms with van der Waals surface area (Å²) < 4.78 is 5.46. The molecule has 1 unspecified atom stereocenters. The van der Waals surface area contributed by atoms with E-state index >= 15 is 0 Å². The molecule has 0 aliphatic carbocycles. The van der Waals surface area contributed by atoms with Crippen LogP contribution in [0.3, 0.4) is 0 Å². The number of aromatic nitrogens is 2. The number of hydrogen-bond donors (Lipinski definition) is 1. The SMILES string of the molecule is O=C(CCCc1nc2ccccc2[nH]1)N1CCC(C2CCOCC2)C1. The molecule has 2 fully saturated rings. The molecule has 2 saturated heterocycles. The lowest BCUT2D eigenvalue weighted by Crippen LogP contribution is -2.31. The van der Waals surface area contributed by atoms with Crippen molar-refractivity contribution in [1.82, 2.24) is 14.9 Å². The van der Waals surface area contributed by atoms with E-state index in [1.165, 1.54) is 19.3 Å². The molecule has 1 atom stereocenters. The molecule has 0 bridgehead atoms. The first-order valence-corrected chi connectivity index (χ1v) is 9.59. The van der Waals surface area contributed by atoms with Gasteiger partial charge in [0, 0.05) is 39.1 Å². The number of nitrogens with one attached hydrogen (secondary N) is 1. The van der Waals surface area contributed by atoms with E-state index in [0.717, 1.165) is 61.9 Å². The topological polar surface area (TPSA) is 58.2 Å². The molecule has 5 nitrogen and oxygen atoms in total. The molecular formula is C20H27N3O2. The van der Waals surface area contributed by atoms with Gasteiger partial charge in [0.2, 0.25) is 5.91 Å². The minimum atomic E-state index is 0.311. The summed E-state index contributed by atoms with van der Waals surface area (Å²) in [5, 5.41) is 0. The van der Waals surface area contributed by atoms with Crippen LogP contribution >= 0.6 is 0 Å². The molecular weight excluding hydrogens is 314 g/mol. The van der Waals surface area contributed by atoms with Crippen LogP contribution in [0.2, 0.25) is 0 Å². The lowest BCUT2D eigenvalue weighted by molar-refractivity contribution is -0.130. The number of benzene rings is 1. The Hall–Kier alpha value is -1.88. The van der Waals surface area contributed by atoms with Crippen LogP contribution in [-0.2, 0) is 16.0 Å². The van der Waals surface area contributed by atoms with Gasteiger partial charge in [-0.1, -0.05) is 12.1 Å². The highest BCUT2D eigenvalue weighted by molar-refractivity contribution is 5.76. The van der Waals surface area contributed by atoms with Crippen molar-refractivity contribution in [1.29, 1.82) is 0 Å². The highest BCUT2D eigenvalue weighted by Crippen LogP contribution is 2.31. The zero-order valence-corrected chi connectivity index (χ0v) is 14.7. The Morgan fingerprint density at radius 1 is 1.20 bits per heavy atom. The number of ether oxygens (including phenoxy) is 1. The molecule has 0 radical (unpaired) electrons. The van der Waals surface area contributed by atoms with Gasteiger partial charge in [-0.15, -0.1) is 0 Å². The molecule has 3 heterocycles. The van der Waals surface area contributed by atoms with E-state index in [1.807, 2.05) is 24.3 Å². The van der Waals surface area contributed by atoms with E-state index in [9.17, 15) is 4.79 Å². The average Bonchev–Trinajstić information content (AvgIpc) is 3.29. The molecule has 134 valence electrons. The molecule has 0 saturated carbocycles. The van der Waals surface area contributed by atoms with Crippen molar-refractivity contribution in [2.45, 2.75) is 38.5 Å². The molecule has 5 heteroatoms. The first-order chi connectivity index (χ1) is 12.3. The minimum absolute atomic E-state index is 0.311. The Morgan fingerprint density at radius 2 is 2.04 bits per heavy atom. The molecule has 1 aromatic heterocycles. The van der Waals surface area contributed by atoms with Crippen LogP contribution in [0.1, 0.15) is 37.9 Å². The quantitative estimate of drug-likeness (QED) is 0.909. The van der Waals surface area contributed by atoms with Crippen molar-refractivity contribution in [2.75, 3.05) is 26.3 Å². The fourth-order valence-corrected chi connectivity index (χ4v) is 4.28. The number of carbonyl (C=O) groups is 1. The normalized spacial score (nSPS) is 21.9. The lowest BCUT2D eigenvalue weighted by Gasteiger charge is -2.27. The summed E-state index contributed by atoms with van der Waals surface area (Å²) in [6.07, 6.45) is 5.81. The maximum atomic E-state index is 12.5. The third-order valence-corrected chi connectivity index (χ3v) is 5.75. The first kappa shape index (κ1) is 16.6. The van der Waals surface area contributed by atoms with Gasteiger partial charge in [0.25, 0.3) is 0 Å². The fourth-order valence-electron chi connectivity index (χ4n) is 4.28. The van der Waals surface area contributed by atoms with Crippen molar-refractivity contribution < 1.29 is 9.53 Å². The summed E-state index contributed by atoms with van der Waals surface area (Å²) in [7, 11) is 0.